The predicted molar refractivity (Wildman–Crippen MR) is 73.7 cm³/mol. The molecule has 0 aliphatic heterocycles. The van der Waals surface area contributed by atoms with Gasteiger partial charge in [0.25, 0.3) is 0 Å². The van der Waals surface area contributed by atoms with E-state index in [2.05, 4.69) is 5.43 Å². The van der Waals surface area contributed by atoms with Crippen LogP contribution in [-0.4, -0.2) is 0 Å². The topological polar surface area (TPSA) is 64.1 Å². The fourth-order valence-electron chi connectivity index (χ4n) is 1.65. The lowest BCUT2D eigenvalue weighted by molar-refractivity contribution is 0.887. The molecule has 0 saturated heterocycles. The first-order valence-electron chi connectivity index (χ1n) is 5.65. The second-order valence-electron chi connectivity index (χ2n) is 4.37. The third-order valence-corrected chi connectivity index (χ3v) is 2.97. The van der Waals surface area contributed by atoms with Crippen molar-refractivity contribution in [3.63, 3.8) is 0 Å². The number of benzene rings is 1. The third kappa shape index (κ3) is 2.88. The zero-order valence-corrected chi connectivity index (χ0v) is 11.0. The number of hydrazine groups is 1. The van der Waals surface area contributed by atoms with E-state index in [0.717, 1.165) is 22.4 Å². The summed E-state index contributed by atoms with van der Waals surface area (Å²) >= 11 is 0. The highest BCUT2D eigenvalue weighted by Crippen LogP contribution is 2.21. The molecular formula is C14H21N3. The zero-order valence-electron chi connectivity index (χ0n) is 11.0. The Morgan fingerprint density at radius 3 is 2.18 bits per heavy atom. The molecule has 0 radical (unpaired) electrons. The third-order valence-electron chi connectivity index (χ3n) is 2.97. The maximum atomic E-state index is 6.19. The van der Waals surface area contributed by atoms with Crippen LogP contribution < -0.4 is 17.0 Å². The van der Waals surface area contributed by atoms with Gasteiger partial charge in [0.05, 0.1) is 11.4 Å². The van der Waals surface area contributed by atoms with Gasteiger partial charge in [-0.2, -0.15) is 0 Å². The molecule has 0 saturated carbocycles. The molecule has 1 rings (SSSR count). The van der Waals surface area contributed by atoms with Crippen molar-refractivity contribution in [2.45, 2.75) is 27.7 Å². The van der Waals surface area contributed by atoms with Gasteiger partial charge in [-0.1, -0.05) is 29.8 Å². The van der Waals surface area contributed by atoms with E-state index in [1.54, 1.807) is 0 Å². The summed E-state index contributed by atoms with van der Waals surface area (Å²) in [5.41, 5.74) is 14.8. The van der Waals surface area contributed by atoms with Crippen molar-refractivity contribution in [3.05, 3.63) is 52.2 Å². The number of hydrogen-bond donors (Lipinski definition) is 3. The molecule has 17 heavy (non-hydrogen) atoms. The molecule has 3 nitrogen and oxygen atoms in total. The Kier molecular flexibility index (Phi) is 4.35. The van der Waals surface area contributed by atoms with Crippen LogP contribution in [-0.2, 0) is 0 Å². The lowest BCUT2D eigenvalue weighted by Gasteiger charge is -2.15. The highest BCUT2D eigenvalue weighted by atomic mass is 15.2. The molecule has 0 spiro atoms. The van der Waals surface area contributed by atoms with Crippen molar-refractivity contribution in [1.82, 2.24) is 5.43 Å². The van der Waals surface area contributed by atoms with Gasteiger partial charge in [-0.15, -0.1) is 0 Å². The first-order valence-corrected chi connectivity index (χ1v) is 5.65. The average Bonchev–Trinajstić information content (AvgIpc) is 2.30. The highest BCUT2D eigenvalue weighted by molar-refractivity contribution is 5.71. The van der Waals surface area contributed by atoms with Crippen LogP contribution in [0.5, 0.6) is 0 Å². The molecule has 0 unspecified atom stereocenters. The predicted octanol–water partition coefficient (Wildman–Crippen LogP) is 2.44. The van der Waals surface area contributed by atoms with Crippen molar-refractivity contribution in [3.8, 4) is 0 Å². The van der Waals surface area contributed by atoms with Gasteiger partial charge in [0.15, 0.2) is 0 Å². The van der Waals surface area contributed by atoms with Crippen LogP contribution in [0.1, 0.15) is 31.9 Å². The molecule has 1 aromatic carbocycles. The molecule has 0 aliphatic carbocycles. The summed E-state index contributed by atoms with van der Waals surface area (Å²) < 4.78 is 0. The van der Waals surface area contributed by atoms with Crippen LogP contribution in [0.4, 0.5) is 0 Å². The van der Waals surface area contributed by atoms with E-state index in [9.17, 15) is 0 Å². The standard InChI is InChI=1S/C14H21N3/c1-9(2)11(4)14(17-16)13(15)12-8-6-5-7-10(12)3/h5-8,17H,15-16H2,1-4H3/b14-13-. The molecular weight excluding hydrogens is 210 g/mol. The molecule has 0 atom stereocenters. The van der Waals surface area contributed by atoms with Gasteiger partial charge >= 0.3 is 0 Å². The summed E-state index contributed by atoms with van der Waals surface area (Å²) in [6.45, 7) is 8.12. The van der Waals surface area contributed by atoms with Gasteiger partial charge in [0.2, 0.25) is 0 Å². The molecule has 0 aromatic heterocycles. The Balaban J connectivity index is 3.38. The lowest BCUT2D eigenvalue weighted by atomic mass is 10.0. The Bertz CT molecular complexity index is 466. The Labute approximate surface area is 103 Å². The second-order valence-corrected chi connectivity index (χ2v) is 4.37. The van der Waals surface area contributed by atoms with Crippen LogP contribution in [0.2, 0.25) is 0 Å². The number of allylic oxidation sites excluding steroid dienone is 2. The van der Waals surface area contributed by atoms with Crippen molar-refractivity contribution in [1.29, 1.82) is 0 Å². The zero-order chi connectivity index (χ0) is 13.0. The molecule has 0 amide bonds. The quantitative estimate of drug-likeness (QED) is 0.425. The van der Waals surface area contributed by atoms with Crippen molar-refractivity contribution < 1.29 is 0 Å². The summed E-state index contributed by atoms with van der Waals surface area (Å²) in [5, 5.41) is 0. The molecule has 0 aliphatic rings. The van der Waals surface area contributed by atoms with Crippen molar-refractivity contribution >= 4 is 5.70 Å². The van der Waals surface area contributed by atoms with Gasteiger partial charge in [-0.25, -0.2) is 0 Å². The highest BCUT2D eigenvalue weighted by Gasteiger charge is 2.09. The van der Waals surface area contributed by atoms with E-state index < -0.39 is 0 Å². The minimum absolute atomic E-state index is 0.685. The minimum Gasteiger partial charge on any atom is -0.397 e. The van der Waals surface area contributed by atoms with E-state index in [-0.39, 0.29) is 0 Å². The molecule has 0 heterocycles. The van der Waals surface area contributed by atoms with Crippen LogP contribution in [0.3, 0.4) is 0 Å². The Morgan fingerprint density at radius 2 is 1.71 bits per heavy atom. The maximum absolute atomic E-state index is 6.19. The van der Waals surface area contributed by atoms with Crippen LogP contribution in [0, 0.1) is 6.92 Å². The normalized spacial score (nSPS) is 11.8. The fraction of sp³-hybridized carbons (Fsp3) is 0.286. The summed E-state index contributed by atoms with van der Waals surface area (Å²) in [6.07, 6.45) is 0. The number of nitrogens with one attached hydrogen (secondary N) is 1. The van der Waals surface area contributed by atoms with Crippen LogP contribution in [0.15, 0.2) is 41.1 Å². The van der Waals surface area contributed by atoms with E-state index in [4.69, 9.17) is 11.6 Å². The number of hydrogen-bond acceptors (Lipinski definition) is 3. The maximum Gasteiger partial charge on any atom is 0.0751 e. The number of nitrogens with two attached hydrogens (primary N) is 2. The first-order chi connectivity index (χ1) is 7.99. The molecule has 92 valence electrons. The first kappa shape index (κ1) is 13.3. The summed E-state index contributed by atoms with van der Waals surface area (Å²) in [5.74, 6) is 5.58. The van der Waals surface area contributed by atoms with Gasteiger partial charge in [-0.3, -0.25) is 5.84 Å². The SMILES string of the molecule is CC(C)=C(C)/C(NN)=C(/N)c1ccccc1C. The molecule has 3 heteroatoms. The largest absolute Gasteiger partial charge is 0.397 e. The summed E-state index contributed by atoms with van der Waals surface area (Å²) in [6, 6.07) is 8.01. The van der Waals surface area contributed by atoms with E-state index in [1.807, 2.05) is 52.0 Å². The smallest absolute Gasteiger partial charge is 0.0751 e. The molecule has 0 bridgehead atoms. The van der Waals surface area contributed by atoms with Crippen molar-refractivity contribution in [2.75, 3.05) is 0 Å². The summed E-state index contributed by atoms with van der Waals surface area (Å²) in [4.78, 5) is 0. The minimum atomic E-state index is 0.685. The summed E-state index contributed by atoms with van der Waals surface area (Å²) in [7, 11) is 0. The molecule has 0 fully saturated rings. The van der Waals surface area contributed by atoms with E-state index >= 15 is 0 Å². The van der Waals surface area contributed by atoms with Gasteiger partial charge < -0.3 is 11.2 Å². The lowest BCUT2D eigenvalue weighted by Crippen LogP contribution is -2.25. The monoisotopic (exact) mass is 231 g/mol. The van der Waals surface area contributed by atoms with E-state index in [1.165, 1.54) is 5.57 Å². The number of rotatable bonds is 3. The van der Waals surface area contributed by atoms with E-state index in [0.29, 0.717) is 5.70 Å². The Hall–Kier alpha value is -1.74. The van der Waals surface area contributed by atoms with Gasteiger partial charge in [0, 0.05) is 5.56 Å². The van der Waals surface area contributed by atoms with Crippen LogP contribution in [0.25, 0.3) is 5.70 Å². The molecule has 5 N–H and O–H groups in total. The van der Waals surface area contributed by atoms with Crippen LogP contribution >= 0.6 is 0 Å². The van der Waals surface area contributed by atoms with Gasteiger partial charge in [0.1, 0.15) is 0 Å². The van der Waals surface area contributed by atoms with Crippen molar-refractivity contribution in [2.24, 2.45) is 11.6 Å². The number of aryl methyl sites for hydroxylation is 1. The molecule has 1 aromatic rings. The average molecular weight is 231 g/mol. The fourth-order valence-corrected chi connectivity index (χ4v) is 1.65. The van der Waals surface area contributed by atoms with Gasteiger partial charge in [-0.05, 0) is 38.8 Å². The Morgan fingerprint density at radius 1 is 1.12 bits per heavy atom. The second kappa shape index (κ2) is 5.55.